The predicted molar refractivity (Wildman–Crippen MR) is 151 cm³/mol. The van der Waals surface area contributed by atoms with E-state index in [2.05, 4.69) is 5.32 Å². The Kier molecular flexibility index (Phi) is 11.0. The molecule has 0 aliphatic heterocycles. The molecule has 0 fully saturated rings. The van der Waals surface area contributed by atoms with Gasteiger partial charge in [0.05, 0.1) is 5.75 Å². The molecule has 0 bridgehead atoms. The molecule has 3 aromatic carbocycles. The average Bonchev–Trinajstić information content (AvgIpc) is 2.89. The van der Waals surface area contributed by atoms with Gasteiger partial charge in [0.25, 0.3) is 0 Å². The van der Waals surface area contributed by atoms with Gasteiger partial charge in [0.2, 0.25) is 11.8 Å². The van der Waals surface area contributed by atoms with Crippen molar-refractivity contribution < 1.29 is 14.0 Å². The van der Waals surface area contributed by atoms with Crippen LogP contribution in [0.25, 0.3) is 0 Å². The summed E-state index contributed by atoms with van der Waals surface area (Å²) in [5.41, 5.74) is 3.38. The Hall–Kier alpha value is -2.83. The molecule has 0 aromatic heterocycles. The molecule has 2 amide bonds. The summed E-state index contributed by atoms with van der Waals surface area (Å²) in [6.07, 6.45) is 1.18. The number of nitrogens with one attached hydrogen (secondary N) is 1. The summed E-state index contributed by atoms with van der Waals surface area (Å²) in [4.78, 5) is 28.9. The first kappa shape index (κ1) is 28.7. The van der Waals surface area contributed by atoms with Crippen LogP contribution in [0, 0.1) is 12.7 Å². The highest BCUT2D eigenvalue weighted by Crippen LogP contribution is 2.25. The first-order chi connectivity index (χ1) is 17.8. The molecule has 2 atom stereocenters. The van der Waals surface area contributed by atoms with Crippen molar-refractivity contribution in [3.8, 4) is 0 Å². The summed E-state index contributed by atoms with van der Waals surface area (Å²) in [6, 6.07) is 21.5. The van der Waals surface area contributed by atoms with Gasteiger partial charge in [-0.05, 0) is 49.1 Å². The summed E-state index contributed by atoms with van der Waals surface area (Å²) >= 11 is 7.47. The summed E-state index contributed by atoms with van der Waals surface area (Å²) in [7, 11) is 0. The van der Waals surface area contributed by atoms with E-state index in [0.717, 1.165) is 23.1 Å². The molecule has 7 heteroatoms. The van der Waals surface area contributed by atoms with Gasteiger partial charge in [0.15, 0.2) is 0 Å². The van der Waals surface area contributed by atoms with Crippen molar-refractivity contribution >= 4 is 35.2 Å². The van der Waals surface area contributed by atoms with Crippen LogP contribution >= 0.6 is 23.4 Å². The van der Waals surface area contributed by atoms with Gasteiger partial charge in [0.1, 0.15) is 11.9 Å². The molecular formula is C30H34ClFN2O2S. The van der Waals surface area contributed by atoms with Crippen molar-refractivity contribution in [2.24, 2.45) is 0 Å². The van der Waals surface area contributed by atoms with Gasteiger partial charge in [-0.3, -0.25) is 9.59 Å². The number of thioether (sulfide) groups is 1. The van der Waals surface area contributed by atoms with Gasteiger partial charge in [-0.1, -0.05) is 79.2 Å². The van der Waals surface area contributed by atoms with Crippen molar-refractivity contribution in [2.45, 2.75) is 58.0 Å². The molecule has 0 saturated carbocycles. The normalized spacial score (nSPS) is 12.6. The SMILES string of the molecule is CC[C@@H](C)NC(=O)[C@H](Cc1ccccc1)N(Cc1ccccc1C)C(=O)CSCc1c(F)cccc1Cl. The lowest BCUT2D eigenvalue weighted by Gasteiger charge is -2.32. The summed E-state index contributed by atoms with van der Waals surface area (Å²) in [5.74, 6) is -0.390. The number of carbonyl (C=O) groups is 2. The molecular weight excluding hydrogens is 507 g/mol. The van der Waals surface area contributed by atoms with Crippen LogP contribution in [-0.2, 0) is 28.3 Å². The molecule has 0 unspecified atom stereocenters. The van der Waals surface area contributed by atoms with Crippen LogP contribution in [0.2, 0.25) is 5.02 Å². The second-order valence-corrected chi connectivity index (χ2v) is 10.6. The lowest BCUT2D eigenvalue weighted by Crippen LogP contribution is -2.52. The van der Waals surface area contributed by atoms with E-state index >= 15 is 0 Å². The van der Waals surface area contributed by atoms with E-state index in [1.54, 1.807) is 17.0 Å². The molecule has 196 valence electrons. The minimum absolute atomic E-state index is 0.0150. The maximum atomic E-state index is 14.3. The standard InChI is InChI=1S/C30H34ClFN2O2S/c1-4-22(3)33-30(36)28(17-23-12-6-5-7-13-23)34(18-24-14-9-8-11-21(24)2)29(35)20-37-19-25-26(31)15-10-16-27(25)32/h5-16,22,28H,4,17-20H2,1-3H3,(H,33,36)/t22-,28+/m1/s1. The van der Waals surface area contributed by atoms with Crippen molar-refractivity contribution in [3.05, 3.63) is 106 Å². The molecule has 0 aliphatic carbocycles. The van der Waals surface area contributed by atoms with E-state index in [1.807, 2.05) is 75.4 Å². The quantitative estimate of drug-likeness (QED) is 0.282. The number of halogens is 2. The van der Waals surface area contributed by atoms with Crippen LogP contribution in [-0.4, -0.2) is 34.6 Å². The molecule has 0 spiro atoms. The molecule has 0 saturated heterocycles. The van der Waals surface area contributed by atoms with Crippen LogP contribution in [0.15, 0.2) is 72.8 Å². The van der Waals surface area contributed by atoms with Gasteiger partial charge in [0, 0.05) is 35.3 Å². The largest absolute Gasteiger partial charge is 0.352 e. The van der Waals surface area contributed by atoms with Crippen molar-refractivity contribution in [2.75, 3.05) is 5.75 Å². The smallest absolute Gasteiger partial charge is 0.243 e. The highest BCUT2D eigenvalue weighted by atomic mass is 35.5. The lowest BCUT2D eigenvalue weighted by atomic mass is 10.0. The van der Waals surface area contributed by atoms with Gasteiger partial charge in [-0.25, -0.2) is 4.39 Å². The number of hydrogen-bond donors (Lipinski definition) is 1. The minimum Gasteiger partial charge on any atom is -0.352 e. The van der Waals surface area contributed by atoms with Crippen molar-refractivity contribution in [1.82, 2.24) is 10.2 Å². The van der Waals surface area contributed by atoms with E-state index in [1.165, 1.54) is 17.8 Å². The van der Waals surface area contributed by atoms with Crippen LogP contribution in [0.3, 0.4) is 0 Å². The molecule has 0 radical (unpaired) electrons. The predicted octanol–water partition coefficient (Wildman–Crippen LogP) is 6.58. The zero-order chi connectivity index (χ0) is 26.8. The van der Waals surface area contributed by atoms with Crippen LogP contribution in [0.5, 0.6) is 0 Å². The maximum absolute atomic E-state index is 14.3. The third-order valence-electron chi connectivity index (χ3n) is 6.41. The Morgan fingerprint density at radius 3 is 2.41 bits per heavy atom. The summed E-state index contributed by atoms with van der Waals surface area (Å²) in [6.45, 7) is 6.27. The number of nitrogens with zero attached hydrogens (tertiary/aromatic N) is 1. The fourth-order valence-electron chi connectivity index (χ4n) is 3.96. The Bertz CT molecular complexity index is 1170. The molecule has 0 heterocycles. The first-order valence-electron chi connectivity index (χ1n) is 12.5. The number of amides is 2. The minimum atomic E-state index is -0.693. The van der Waals surface area contributed by atoms with Crippen molar-refractivity contribution in [3.63, 3.8) is 0 Å². The molecule has 3 rings (SSSR count). The van der Waals surface area contributed by atoms with Gasteiger partial charge < -0.3 is 10.2 Å². The number of benzene rings is 3. The highest BCUT2D eigenvalue weighted by molar-refractivity contribution is 7.99. The topological polar surface area (TPSA) is 49.4 Å². The Morgan fingerprint density at radius 2 is 1.73 bits per heavy atom. The lowest BCUT2D eigenvalue weighted by molar-refractivity contribution is -0.139. The maximum Gasteiger partial charge on any atom is 0.243 e. The van der Waals surface area contributed by atoms with Crippen LogP contribution in [0.1, 0.15) is 42.5 Å². The van der Waals surface area contributed by atoms with Crippen molar-refractivity contribution in [1.29, 1.82) is 0 Å². The number of rotatable bonds is 12. The third kappa shape index (κ3) is 8.34. The van der Waals surface area contributed by atoms with E-state index < -0.39 is 6.04 Å². The van der Waals surface area contributed by atoms with Gasteiger partial charge in [-0.15, -0.1) is 11.8 Å². The Labute approximate surface area is 228 Å². The molecule has 1 N–H and O–H groups in total. The highest BCUT2D eigenvalue weighted by Gasteiger charge is 2.31. The zero-order valence-electron chi connectivity index (χ0n) is 21.5. The zero-order valence-corrected chi connectivity index (χ0v) is 23.1. The van der Waals surface area contributed by atoms with E-state index in [-0.39, 0.29) is 35.2 Å². The number of aryl methyl sites for hydroxylation is 1. The number of carbonyl (C=O) groups excluding carboxylic acids is 2. The molecule has 4 nitrogen and oxygen atoms in total. The van der Waals surface area contributed by atoms with E-state index in [4.69, 9.17) is 11.6 Å². The Balaban J connectivity index is 1.89. The molecule has 37 heavy (non-hydrogen) atoms. The summed E-state index contributed by atoms with van der Waals surface area (Å²) < 4.78 is 14.3. The second-order valence-electron chi connectivity index (χ2n) is 9.16. The average molecular weight is 541 g/mol. The molecule has 3 aromatic rings. The number of hydrogen-bond acceptors (Lipinski definition) is 3. The molecule has 0 aliphatic rings. The summed E-state index contributed by atoms with van der Waals surface area (Å²) in [5, 5.41) is 3.42. The monoisotopic (exact) mass is 540 g/mol. The third-order valence-corrected chi connectivity index (χ3v) is 7.71. The van der Waals surface area contributed by atoms with Gasteiger partial charge >= 0.3 is 0 Å². The second kappa shape index (κ2) is 14.2. The van der Waals surface area contributed by atoms with Gasteiger partial charge in [-0.2, -0.15) is 0 Å². The van der Waals surface area contributed by atoms with Crippen LogP contribution < -0.4 is 5.32 Å². The Morgan fingerprint density at radius 1 is 1.03 bits per heavy atom. The van der Waals surface area contributed by atoms with E-state index in [0.29, 0.717) is 23.6 Å². The van der Waals surface area contributed by atoms with Crippen LogP contribution in [0.4, 0.5) is 4.39 Å². The fourth-order valence-corrected chi connectivity index (χ4v) is 5.21. The fraction of sp³-hybridized carbons (Fsp3) is 0.333. The first-order valence-corrected chi connectivity index (χ1v) is 14.0. The van der Waals surface area contributed by atoms with E-state index in [9.17, 15) is 14.0 Å².